The third-order valence-corrected chi connectivity index (χ3v) is 4.63. The molecule has 0 spiro atoms. The van der Waals surface area contributed by atoms with E-state index >= 15 is 0 Å². The third-order valence-electron chi connectivity index (χ3n) is 4.63. The summed E-state index contributed by atoms with van der Waals surface area (Å²) < 4.78 is 4.49. The molecule has 2 aromatic heterocycles. The molecular formula is C18H28N4. The van der Waals surface area contributed by atoms with E-state index in [4.69, 9.17) is 5.10 Å². The average molecular weight is 300 g/mol. The summed E-state index contributed by atoms with van der Waals surface area (Å²) in [6.45, 7) is 14.4. The molecule has 22 heavy (non-hydrogen) atoms. The summed E-state index contributed by atoms with van der Waals surface area (Å²) in [5.41, 5.74) is 3.91. The zero-order valence-corrected chi connectivity index (χ0v) is 14.5. The number of nitrogens with zero attached hydrogens (tertiary/aromatic N) is 3. The third kappa shape index (κ3) is 2.84. The quantitative estimate of drug-likeness (QED) is 0.944. The molecule has 1 saturated heterocycles. The van der Waals surface area contributed by atoms with Crippen molar-refractivity contribution >= 4 is 0 Å². The highest BCUT2D eigenvalue weighted by Crippen LogP contribution is 2.27. The summed E-state index contributed by atoms with van der Waals surface area (Å²) in [6.07, 6.45) is 1.25. The molecule has 1 N–H and O–H groups in total. The molecule has 0 saturated carbocycles. The van der Waals surface area contributed by atoms with Crippen molar-refractivity contribution in [2.24, 2.45) is 5.92 Å². The van der Waals surface area contributed by atoms with Gasteiger partial charge in [0.15, 0.2) is 5.82 Å². The van der Waals surface area contributed by atoms with Gasteiger partial charge in [-0.25, -0.2) is 0 Å². The summed E-state index contributed by atoms with van der Waals surface area (Å²) >= 11 is 0. The van der Waals surface area contributed by atoms with E-state index in [9.17, 15) is 0 Å². The van der Waals surface area contributed by atoms with Crippen LogP contribution in [0.25, 0.3) is 5.82 Å². The molecule has 2 aromatic rings. The SMILES string of the molecule is Cc1ccc(C)n1-c1cc(C(C)(C)C)n(CC2CCNC2)n1. The van der Waals surface area contributed by atoms with Crippen molar-refractivity contribution < 1.29 is 0 Å². The molecule has 1 aliphatic heterocycles. The van der Waals surface area contributed by atoms with Crippen LogP contribution in [-0.2, 0) is 12.0 Å². The highest BCUT2D eigenvalue weighted by Gasteiger charge is 2.25. The van der Waals surface area contributed by atoms with Crippen molar-refractivity contribution in [3.63, 3.8) is 0 Å². The minimum absolute atomic E-state index is 0.103. The molecule has 0 aliphatic carbocycles. The molecule has 120 valence electrons. The van der Waals surface area contributed by atoms with Crippen LogP contribution >= 0.6 is 0 Å². The fourth-order valence-electron chi connectivity index (χ4n) is 3.40. The Morgan fingerprint density at radius 1 is 1.23 bits per heavy atom. The van der Waals surface area contributed by atoms with Crippen LogP contribution in [0.2, 0.25) is 0 Å². The standard InChI is InChI=1S/C18H28N4/c1-13-6-7-14(2)22(13)17-10-16(18(3,4)5)21(20-17)12-15-8-9-19-11-15/h6-7,10,15,19H,8-9,11-12H2,1-5H3. The summed E-state index contributed by atoms with van der Waals surface area (Å²) in [6, 6.07) is 6.58. The lowest BCUT2D eigenvalue weighted by Crippen LogP contribution is -2.22. The van der Waals surface area contributed by atoms with Gasteiger partial charge in [-0.1, -0.05) is 20.8 Å². The number of rotatable bonds is 3. The van der Waals surface area contributed by atoms with Gasteiger partial charge < -0.3 is 9.88 Å². The largest absolute Gasteiger partial charge is 0.316 e. The Labute approximate surface area is 133 Å². The molecule has 1 fully saturated rings. The Balaban J connectivity index is 2.01. The first kappa shape index (κ1) is 15.3. The molecule has 1 unspecified atom stereocenters. The minimum Gasteiger partial charge on any atom is -0.316 e. The first-order valence-electron chi connectivity index (χ1n) is 8.30. The summed E-state index contributed by atoms with van der Waals surface area (Å²) in [4.78, 5) is 0. The summed E-state index contributed by atoms with van der Waals surface area (Å²) in [7, 11) is 0. The molecule has 3 rings (SSSR count). The van der Waals surface area contributed by atoms with E-state index in [1.807, 2.05) is 0 Å². The van der Waals surface area contributed by atoms with E-state index in [1.54, 1.807) is 0 Å². The normalized spacial score (nSPS) is 19.0. The maximum atomic E-state index is 4.96. The van der Waals surface area contributed by atoms with E-state index in [0.717, 1.165) is 25.5 Å². The zero-order valence-electron chi connectivity index (χ0n) is 14.5. The van der Waals surface area contributed by atoms with Gasteiger partial charge in [0.2, 0.25) is 0 Å². The van der Waals surface area contributed by atoms with Crippen LogP contribution in [0.3, 0.4) is 0 Å². The van der Waals surface area contributed by atoms with Gasteiger partial charge in [-0.2, -0.15) is 5.10 Å². The second kappa shape index (κ2) is 5.58. The van der Waals surface area contributed by atoms with Gasteiger partial charge in [-0.3, -0.25) is 4.68 Å². The predicted molar refractivity (Wildman–Crippen MR) is 90.7 cm³/mol. The van der Waals surface area contributed by atoms with E-state index < -0.39 is 0 Å². The van der Waals surface area contributed by atoms with Crippen molar-refractivity contribution in [2.75, 3.05) is 13.1 Å². The monoisotopic (exact) mass is 300 g/mol. The van der Waals surface area contributed by atoms with E-state index in [2.05, 4.69) is 67.4 Å². The van der Waals surface area contributed by atoms with Gasteiger partial charge in [-0.15, -0.1) is 0 Å². The lowest BCUT2D eigenvalue weighted by Gasteiger charge is -2.21. The van der Waals surface area contributed by atoms with Gasteiger partial charge in [0.1, 0.15) is 0 Å². The number of aryl methyl sites for hydroxylation is 2. The van der Waals surface area contributed by atoms with E-state index in [-0.39, 0.29) is 5.41 Å². The van der Waals surface area contributed by atoms with Crippen LogP contribution in [-0.4, -0.2) is 27.4 Å². The Hall–Kier alpha value is -1.55. The molecule has 1 aliphatic rings. The fraction of sp³-hybridized carbons (Fsp3) is 0.611. The fourth-order valence-corrected chi connectivity index (χ4v) is 3.40. The molecule has 4 heteroatoms. The smallest absolute Gasteiger partial charge is 0.159 e. The number of aromatic nitrogens is 3. The number of hydrogen-bond donors (Lipinski definition) is 1. The predicted octanol–water partition coefficient (Wildman–Crippen LogP) is 3.20. The Morgan fingerprint density at radius 2 is 1.91 bits per heavy atom. The van der Waals surface area contributed by atoms with Crippen LogP contribution in [0.4, 0.5) is 0 Å². The average Bonchev–Trinajstić information content (AvgIpc) is 3.11. The van der Waals surface area contributed by atoms with Crippen molar-refractivity contribution in [2.45, 2.75) is 53.0 Å². The zero-order chi connectivity index (χ0) is 15.9. The minimum atomic E-state index is 0.103. The number of hydrogen-bond acceptors (Lipinski definition) is 2. The first-order valence-corrected chi connectivity index (χ1v) is 8.30. The van der Waals surface area contributed by atoms with E-state index in [0.29, 0.717) is 5.92 Å². The van der Waals surface area contributed by atoms with Gasteiger partial charge in [0, 0.05) is 35.1 Å². The summed E-state index contributed by atoms with van der Waals surface area (Å²) in [5.74, 6) is 1.75. The van der Waals surface area contributed by atoms with Crippen LogP contribution < -0.4 is 5.32 Å². The molecule has 4 nitrogen and oxygen atoms in total. The molecule has 0 radical (unpaired) electrons. The topological polar surface area (TPSA) is 34.8 Å². The van der Waals surface area contributed by atoms with Gasteiger partial charge >= 0.3 is 0 Å². The maximum absolute atomic E-state index is 4.96. The van der Waals surface area contributed by atoms with Gasteiger partial charge in [0.05, 0.1) is 0 Å². The Bertz CT molecular complexity index is 632. The maximum Gasteiger partial charge on any atom is 0.159 e. The highest BCUT2D eigenvalue weighted by molar-refractivity contribution is 5.34. The lowest BCUT2D eigenvalue weighted by molar-refractivity contribution is 0.408. The second-order valence-corrected chi connectivity index (χ2v) is 7.63. The van der Waals surface area contributed by atoms with Crippen molar-refractivity contribution in [3.05, 3.63) is 35.3 Å². The van der Waals surface area contributed by atoms with Crippen LogP contribution in [0, 0.1) is 19.8 Å². The number of nitrogens with one attached hydrogen (secondary N) is 1. The second-order valence-electron chi connectivity index (χ2n) is 7.63. The van der Waals surface area contributed by atoms with Crippen molar-refractivity contribution in [3.8, 4) is 5.82 Å². The van der Waals surface area contributed by atoms with Crippen LogP contribution in [0.15, 0.2) is 18.2 Å². The van der Waals surface area contributed by atoms with Crippen LogP contribution in [0.1, 0.15) is 44.3 Å². The van der Waals surface area contributed by atoms with Gasteiger partial charge in [-0.05, 0) is 51.4 Å². The molecule has 0 bridgehead atoms. The highest BCUT2D eigenvalue weighted by atomic mass is 15.3. The Morgan fingerprint density at radius 3 is 2.45 bits per heavy atom. The van der Waals surface area contributed by atoms with Crippen molar-refractivity contribution in [1.82, 2.24) is 19.7 Å². The Kier molecular flexibility index (Phi) is 3.89. The first-order chi connectivity index (χ1) is 10.4. The molecular weight excluding hydrogens is 272 g/mol. The summed E-state index contributed by atoms with van der Waals surface area (Å²) in [5, 5.41) is 8.41. The van der Waals surface area contributed by atoms with E-state index in [1.165, 1.54) is 23.5 Å². The lowest BCUT2D eigenvalue weighted by atomic mass is 9.92. The molecule has 3 heterocycles. The van der Waals surface area contributed by atoms with Gasteiger partial charge in [0.25, 0.3) is 0 Å². The van der Waals surface area contributed by atoms with Crippen molar-refractivity contribution in [1.29, 1.82) is 0 Å². The van der Waals surface area contributed by atoms with Crippen LogP contribution in [0.5, 0.6) is 0 Å². The molecule has 0 aromatic carbocycles. The molecule has 1 atom stereocenters. The molecule has 0 amide bonds.